The number of fused-ring (bicyclic) bond motifs is 1. The zero-order valence-electron chi connectivity index (χ0n) is 18.9. The molecule has 10 nitrogen and oxygen atoms in total. The van der Waals surface area contributed by atoms with E-state index in [0.717, 1.165) is 9.15 Å². The zero-order chi connectivity index (χ0) is 23.8. The highest BCUT2D eigenvalue weighted by Crippen LogP contribution is 2.43. The normalized spacial score (nSPS) is 14.7. The molecular formula is C21H26BrN5O5. The summed E-state index contributed by atoms with van der Waals surface area (Å²) in [5, 5.41) is 7.00. The number of aromatic nitrogens is 3. The molecular weight excluding hydrogens is 482 g/mol. The topological polar surface area (TPSA) is 116 Å². The maximum atomic E-state index is 12.9. The number of halogens is 1. The summed E-state index contributed by atoms with van der Waals surface area (Å²) in [7, 11) is 0. The van der Waals surface area contributed by atoms with Crippen molar-refractivity contribution in [2.24, 2.45) is 0 Å². The van der Waals surface area contributed by atoms with Gasteiger partial charge in [-0.05, 0) is 69.6 Å². The molecule has 0 aliphatic carbocycles. The molecule has 172 valence electrons. The number of hydrogen-bond acceptors (Lipinski definition) is 7. The van der Waals surface area contributed by atoms with Crippen LogP contribution in [0.3, 0.4) is 0 Å². The number of carbonyl (C=O) groups is 3. The molecule has 1 N–H and O–H groups in total. The lowest BCUT2D eigenvalue weighted by molar-refractivity contribution is 0.00388. The molecule has 32 heavy (non-hydrogen) atoms. The molecule has 2 aromatic heterocycles. The fourth-order valence-electron chi connectivity index (χ4n) is 3.42. The second kappa shape index (κ2) is 8.53. The first-order valence-corrected chi connectivity index (χ1v) is 10.9. The summed E-state index contributed by atoms with van der Waals surface area (Å²) >= 11 is 3.28. The van der Waals surface area contributed by atoms with Gasteiger partial charge in [-0.15, -0.1) is 5.10 Å². The molecule has 0 spiro atoms. The standard InChI is InChI=1S/C21H26BrN5O5/c1-7-31-19(30)27-15-13(11-26(21(15,5)6)18(29)32-20(2,3)4)16(25-27)24-17(28)14-9-8-12(22)10-23-14/h8-10H,7,11H2,1-6H3,(H,24,25,28). The van der Waals surface area contributed by atoms with Gasteiger partial charge in [0.2, 0.25) is 0 Å². The zero-order valence-corrected chi connectivity index (χ0v) is 20.4. The van der Waals surface area contributed by atoms with Gasteiger partial charge in [0.05, 0.1) is 24.4 Å². The maximum absolute atomic E-state index is 12.9. The molecule has 0 unspecified atom stereocenters. The Bertz CT molecular complexity index is 1060. The van der Waals surface area contributed by atoms with E-state index >= 15 is 0 Å². The van der Waals surface area contributed by atoms with Crippen LogP contribution in [0.1, 0.15) is 63.3 Å². The van der Waals surface area contributed by atoms with Gasteiger partial charge in [0.25, 0.3) is 5.91 Å². The predicted octanol–water partition coefficient (Wildman–Crippen LogP) is 4.28. The van der Waals surface area contributed by atoms with E-state index in [1.165, 1.54) is 11.1 Å². The molecule has 2 aromatic rings. The fourth-order valence-corrected chi connectivity index (χ4v) is 3.66. The molecule has 0 atom stereocenters. The van der Waals surface area contributed by atoms with Crippen molar-refractivity contribution in [1.29, 1.82) is 0 Å². The number of nitrogens with one attached hydrogen (secondary N) is 1. The molecule has 0 radical (unpaired) electrons. The van der Waals surface area contributed by atoms with Crippen molar-refractivity contribution in [3.05, 3.63) is 39.8 Å². The first-order valence-electron chi connectivity index (χ1n) is 10.1. The van der Waals surface area contributed by atoms with Gasteiger partial charge in [-0.3, -0.25) is 9.69 Å². The van der Waals surface area contributed by atoms with Crippen molar-refractivity contribution in [2.75, 3.05) is 11.9 Å². The molecule has 0 saturated carbocycles. The summed E-state index contributed by atoms with van der Waals surface area (Å²) < 4.78 is 12.5. The van der Waals surface area contributed by atoms with E-state index in [9.17, 15) is 14.4 Å². The molecule has 0 fully saturated rings. The van der Waals surface area contributed by atoms with E-state index in [4.69, 9.17) is 9.47 Å². The summed E-state index contributed by atoms with van der Waals surface area (Å²) in [6.07, 6.45) is 0.260. The Morgan fingerprint density at radius 1 is 1.22 bits per heavy atom. The van der Waals surface area contributed by atoms with E-state index in [0.29, 0.717) is 11.3 Å². The van der Waals surface area contributed by atoms with Crippen molar-refractivity contribution in [3.8, 4) is 0 Å². The SMILES string of the molecule is CCOC(=O)n1nc(NC(=O)c2ccc(Br)cn2)c2c1C(C)(C)N(C(=O)OC(C)(C)C)C2. The monoisotopic (exact) mass is 507 g/mol. The summed E-state index contributed by atoms with van der Waals surface area (Å²) in [4.78, 5) is 43.8. The van der Waals surface area contributed by atoms with E-state index in [1.807, 2.05) is 0 Å². The lowest BCUT2D eigenvalue weighted by atomic mass is 10.0. The third-order valence-corrected chi connectivity index (χ3v) is 5.27. The van der Waals surface area contributed by atoms with Crippen LogP contribution < -0.4 is 5.32 Å². The van der Waals surface area contributed by atoms with E-state index in [1.54, 1.807) is 53.7 Å². The number of nitrogens with zero attached hydrogens (tertiary/aromatic N) is 4. The van der Waals surface area contributed by atoms with Crippen LogP contribution >= 0.6 is 15.9 Å². The van der Waals surface area contributed by atoms with Gasteiger partial charge in [-0.2, -0.15) is 4.68 Å². The molecule has 0 bridgehead atoms. The average molecular weight is 508 g/mol. The van der Waals surface area contributed by atoms with Gasteiger partial charge in [-0.1, -0.05) is 0 Å². The number of rotatable bonds is 3. The third kappa shape index (κ3) is 4.62. The summed E-state index contributed by atoms with van der Waals surface area (Å²) in [6, 6.07) is 3.25. The number of hydrogen-bond donors (Lipinski definition) is 1. The summed E-state index contributed by atoms with van der Waals surface area (Å²) in [6.45, 7) is 10.8. The van der Waals surface area contributed by atoms with Gasteiger partial charge < -0.3 is 14.8 Å². The quantitative estimate of drug-likeness (QED) is 0.658. The van der Waals surface area contributed by atoms with Crippen molar-refractivity contribution < 1.29 is 23.9 Å². The van der Waals surface area contributed by atoms with Gasteiger partial charge in [0.15, 0.2) is 5.82 Å². The third-order valence-electron chi connectivity index (χ3n) is 4.80. The Hall–Kier alpha value is -2.95. The van der Waals surface area contributed by atoms with Crippen molar-refractivity contribution in [1.82, 2.24) is 19.7 Å². The fraction of sp³-hybridized carbons (Fsp3) is 0.476. The minimum Gasteiger partial charge on any atom is -0.448 e. The Labute approximate surface area is 194 Å². The number of anilines is 1. The van der Waals surface area contributed by atoms with Crippen LogP contribution in [0.5, 0.6) is 0 Å². The van der Waals surface area contributed by atoms with E-state index in [2.05, 4.69) is 31.3 Å². The number of pyridine rings is 1. The number of carbonyl (C=O) groups excluding carboxylic acids is 3. The average Bonchev–Trinajstić information content (AvgIpc) is 3.17. The van der Waals surface area contributed by atoms with Crippen LogP contribution in [0, 0.1) is 0 Å². The van der Waals surface area contributed by atoms with Crippen molar-refractivity contribution in [2.45, 2.75) is 59.2 Å². The highest BCUT2D eigenvalue weighted by atomic mass is 79.9. The first-order chi connectivity index (χ1) is 14.8. The van der Waals surface area contributed by atoms with Gasteiger partial charge in [-0.25, -0.2) is 14.6 Å². The number of amides is 2. The Kier molecular flexibility index (Phi) is 6.32. The minimum absolute atomic E-state index is 0.0973. The van der Waals surface area contributed by atoms with E-state index in [-0.39, 0.29) is 24.7 Å². The number of ether oxygens (including phenoxy) is 2. The molecule has 2 amide bonds. The molecule has 3 heterocycles. The van der Waals surface area contributed by atoms with Crippen LogP contribution in [0.25, 0.3) is 0 Å². The van der Waals surface area contributed by atoms with Crippen LogP contribution in [0.2, 0.25) is 0 Å². The first kappa shape index (κ1) is 23.7. The molecule has 0 aromatic carbocycles. The molecule has 1 aliphatic heterocycles. The van der Waals surface area contributed by atoms with Gasteiger partial charge in [0.1, 0.15) is 11.3 Å². The van der Waals surface area contributed by atoms with E-state index < -0.39 is 29.2 Å². The smallest absolute Gasteiger partial charge is 0.435 e. The lowest BCUT2D eigenvalue weighted by Gasteiger charge is -2.34. The second-order valence-corrected chi connectivity index (χ2v) is 9.64. The van der Waals surface area contributed by atoms with Crippen molar-refractivity contribution in [3.63, 3.8) is 0 Å². The van der Waals surface area contributed by atoms with Crippen LogP contribution in [-0.2, 0) is 21.6 Å². The summed E-state index contributed by atoms with van der Waals surface area (Å²) in [5.41, 5.74) is -0.496. The molecule has 11 heteroatoms. The molecule has 0 saturated heterocycles. The van der Waals surface area contributed by atoms with Crippen LogP contribution in [-0.4, -0.2) is 50.0 Å². The highest BCUT2D eigenvalue weighted by molar-refractivity contribution is 9.10. The van der Waals surface area contributed by atoms with Crippen LogP contribution in [0.15, 0.2) is 22.8 Å². The highest BCUT2D eigenvalue weighted by Gasteiger charge is 2.48. The summed E-state index contributed by atoms with van der Waals surface area (Å²) in [5.74, 6) is -0.343. The Morgan fingerprint density at radius 3 is 2.47 bits per heavy atom. The van der Waals surface area contributed by atoms with Gasteiger partial charge >= 0.3 is 12.2 Å². The van der Waals surface area contributed by atoms with Crippen molar-refractivity contribution >= 4 is 39.8 Å². The lowest BCUT2D eigenvalue weighted by Crippen LogP contribution is -2.44. The minimum atomic E-state index is -0.948. The predicted molar refractivity (Wildman–Crippen MR) is 119 cm³/mol. The maximum Gasteiger partial charge on any atom is 0.435 e. The Morgan fingerprint density at radius 2 is 1.91 bits per heavy atom. The molecule has 1 aliphatic rings. The van der Waals surface area contributed by atoms with Gasteiger partial charge in [0, 0.05) is 16.2 Å². The van der Waals surface area contributed by atoms with Crippen LogP contribution in [0.4, 0.5) is 15.4 Å². The Balaban J connectivity index is 2.01. The molecule has 3 rings (SSSR count). The second-order valence-electron chi connectivity index (χ2n) is 8.73. The largest absolute Gasteiger partial charge is 0.448 e.